The van der Waals surface area contributed by atoms with E-state index in [0.29, 0.717) is 10.3 Å². The van der Waals surface area contributed by atoms with Gasteiger partial charge < -0.3 is 4.74 Å². The van der Waals surface area contributed by atoms with Crippen LogP contribution in [-0.2, 0) is 4.74 Å². The highest BCUT2D eigenvalue weighted by Gasteiger charge is 2.20. The maximum atomic E-state index is 12.5. The molecule has 4 rings (SSSR count). The number of carbonyl (C=O) groups is 2. The van der Waals surface area contributed by atoms with Crippen LogP contribution in [-0.4, -0.2) is 28.6 Å². The molecule has 0 aliphatic carbocycles. The second kappa shape index (κ2) is 6.14. The Hall–Kier alpha value is -2.99. The van der Waals surface area contributed by atoms with Crippen LogP contribution in [0.4, 0.5) is 0 Å². The number of hydrogen-bond acceptors (Lipinski definition) is 5. The monoisotopic (exact) mass is 350 g/mol. The van der Waals surface area contributed by atoms with Crippen molar-refractivity contribution in [1.82, 2.24) is 10.2 Å². The molecule has 0 radical (unpaired) electrons. The van der Waals surface area contributed by atoms with E-state index >= 15 is 0 Å². The van der Waals surface area contributed by atoms with Gasteiger partial charge in [-0.05, 0) is 30.0 Å². The first-order valence-corrected chi connectivity index (χ1v) is 8.58. The van der Waals surface area contributed by atoms with E-state index in [1.807, 2.05) is 49.4 Å². The molecule has 0 aliphatic heterocycles. The maximum Gasteiger partial charge on any atom is 0.359 e. The highest BCUT2D eigenvalue weighted by atomic mass is 32.1. The second-order valence-corrected chi connectivity index (χ2v) is 6.72. The third kappa shape index (κ3) is 2.70. The van der Waals surface area contributed by atoms with Crippen molar-refractivity contribution in [3.8, 4) is 0 Å². The number of para-hydroxylation sites is 1. The van der Waals surface area contributed by atoms with Crippen molar-refractivity contribution in [1.29, 1.82) is 0 Å². The topological polar surface area (TPSA) is 72.1 Å². The van der Waals surface area contributed by atoms with Gasteiger partial charge in [-0.1, -0.05) is 36.4 Å². The minimum atomic E-state index is -0.607. The number of aromatic nitrogens is 2. The van der Waals surface area contributed by atoms with Crippen LogP contribution in [0.3, 0.4) is 0 Å². The van der Waals surface area contributed by atoms with Crippen LogP contribution in [0.5, 0.6) is 0 Å². The molecule has 2 aromatic carbocycles. The Bertz CT molecular complexity index is 1110. The van der Waals surface area contributed by atoms with E-state index < -0.39 is 5.97 Å². The number of aryl methyl sites for hydroxylation is 1. The molecule has 124 valence electrons. The molecule has 4 aromatic rings. The minimum absolute atomic E-state index is 0.191. The Kier molecular flexibility index (Phi) is 3.82. The minimum Gasteiger partial charge on any atom is -0.452 e. The Labute approximate surface area is 147 Å². The van der Waals surface area contributed by atoms with Gasteiger partial charge in [0.2, 0.25) is 5.78 Å². The van der Waals surface area contributed by atoms with Crippen molar-refractivity contribution in [2.24, 2.45) is 0 Å². The molecule has 2 aromatic heterocycles. The number of esters is 1. The van der Waals surface area contributed by atoms with Crippen LogP contribution in [0.1, 0.15) is 25.7 Å². The number of benzene rings is 2. The summed E-state index contributed by atoms with van der Waals surface area (Å²) >= 11 is 1.42. The summed E-state index contributed by atoms with van der Waals surface area (Å²) in [4.78, 5) is 25.4. The quantitative estimate of drug-likeness (QED) is 0.444. The van der Waals surface area contributed by atoms with Gasteiger partial charge in [0.25, 0.3) is 0 Å². The second-order valence-electron chi connectivity index (χ2n) is 5.67. The zero-order valence-corrected chi connectivity index (χ0v) is 14.2. The first kappa shape index (κ1) is 15.5. The summed E-state index contributed by atoms with van der Waals surface area (Å²) in [6, 6.07) is 15.1. The van der Waals surface area contributed by atoms with Gasteiger partial charge in [-0.25, -0.2) is 4.79 Å². The van der Waals surface area contributed by atoms with Crippen molar-refractivity contribution < 1.29 is 14.3 Å². The molecular weight excluding hydrogens is 336 g/mol. The molecular formula is C19H14N2O3S. The van der Waals surface area contributed by atoms with E-state index in [-0.39, 0.29) is 18.1 Å². The number of nitrogens with one attached hydrogen (secondary N) is 1. The van der Waals surface area contributed by atoms with Gasteiger partial charge in [-0.2, -0.15) is 5.10 Å². The summed E-state index contributed by atoms with van der Waals surface area (Å²) < 4.78 is 6.25. The molecule has 0 saturated carbocycles. The Morgan fingerprint density at radius 1 is 1.08 bits per heavy atom. The molecule has 25 heavy (non-hydrogen) atoms. The van der Waals surface area contributed by atoms with Gasteiger partial charge in [0.1, 0.15) is 0 Å². The third-order valence-electron chi connectivity index (χ3n) is 4.09. The summed E-state index contributed by atoms with van der Waals surface area (Å²) in [7, 11) is 0. The predicted molar refractivity (Wildman–Crippen MR) is 97.3 cm³/mol. The van der Waals surface area contributed by atoms with Crippen LogP contribution >= 0.6 is 11.3 Å². The number of carbonyl (C=O) groups excluding carboxylic acids is 2. The number of H-pyrrole nitrogens is 1. The summed E-state index contributed by atoms with van der Waals surface area (Å²) in [5.74, 6) is -0.809. The van der Waals surface area contributed by atoms with Crippen molar-refractivity contribution in [3.05, 3.63) is 64.7 Å². The van der Waals surface area contributed by atoms with Crippen LogP contribution in [0.25, 0.3) is 21.0 Å². The van der Waals surface area contributed by atoms with E-state index in [1.54, 1.807) is 6.07 Å². The molecule has 5 nitrogen and oxygen atoms in total. The average Bonchev–Trinajstić information content (AvgIpc) is 3.21. The molecule has 0 amide bonds. The lowest BCUT2D eigenvalue weighted by atomic mass is 10.1. The molecule has 0 aliphatic rings. The fourth-order valence-corrected chi connectivity index (χ4v) is 3.96. The van der Waals surface area contributed by atoms with Crippen molar-refractivity contribution in [2.45, 2.75) is 6.92 Å². The fraction of sp³-hybridized carbons (Fsp3) is 0.105. The number of aromatic amines is 1. The Morgan fingerprint density at radius 2 is 1.80 bits per heavy atom. The first-order valence-electron chi connectivity index (χ1n) is 7.76. The van der Waals surface area contributed by atoms with E-state index in [2.05, 4.69) is 10.2 Å². The van der Waals surface area contributed by atoms with Gasteiger partial charge in [0, 0.05) is 10.1 Å². The van der Waals surface area contributed by atoms with Crippen molar-refractivity contribution >= 4 is 44.1 Å². The number of ketones is 1. The van der Waals surface area contributed by atoms with Crippen LogP contribution in [0, 0.1) is 6.92 Å². The number of ether oxygens (including phenoxy) is 1. The van der Waals surface area contributed by atoms with E-state index in [9.17, 15) is 9.59 Å². The molecule has 0 atom stereocenters. The standard InChI is InChI=1S/C19H14N2O3S/c1-11-12-6-3-5-9-16(12)25-18(11)15(22)10-24-19(23)17-13-7-2-4-8-14(13)20-21-17/h2-9H,10H2,1H3,(H,20,21). The number of hydrogen-bond donors (Lipinski definition) is 1. The number of fused-ring (bicyclic) bond motifs is 2. The van der Waals surface area contributed by atoms with E-state index in [4.69, 9.17) is 4.74 Å². The summed E-state index contributed by atoms with van der Waals surface area (Å²) in [6.07, 6.45) is 0. The van der Waals surface area contributed by atoms with Crippen molar-refractivity contribution in [2.75, 3.05) is 6.61 Å². The predicted octanol–water partition coefficient (Wildman–Crippen LogP) is 4.13. The lowest BCUT2D eigenvalue weighted by Gasteiger charge is -2.02. The number of nitrogens with zero attached hydrogens (tertiary/aromatic N) is 1. The summed E-state index contributed by atoms with van der Waals surface area (Å²) in [6.45, 7) is 1.61. The van der Waals surface area contributed by atoms with E-state index in [1.165, 1.54) is 11.3 Å². The number of thiophene rings is 1. The lowest BCUT2D eigenvalue weighted by molar-refractivity contribution is 0.0471. The van der Waals surface area contributed by atoms with Gasteiger partial charge >= 0.3 is 5.97 Å². The third-order valence-corrected chi connectivity index (χ3v) is 5.41. The fourth-order valence-electron chi connectivity index (χ4n) is 2.82. The smallest absolute Gasteiger partial charge is 0.359 e. The van der Waals surface area contributed by atoms with Crippen LogP contribution < -0.4 is 0 Å². The molecule has 2 heterocycles. The molecule has 6 heteroatoms. The average molecular weight is 350 g/mol. The Morgan fingerprint density at radius 3 is 2.60 bits per heavy atom. The van der Waals surface area contributed by atoms with Gasteiger partial charge in [0.05, 0.1) is 10.4 Å². The largest absolute Gasteiger partial charge is 0.452 e. The van der Waals surface area contributed by atoms with Gasteiger partial charge in [-0.3, -0.25) is 9.89 Å². The summed E-state index contributed by atoms with van der Waals surface area (Å²) in [5, 5.41) is 8.51. The molecule has 0 spiro atoms. The zero-order chi connectivity index (χ0) is 17.4. The highest BCUT2D eigenvalue weighted by Crippen LogP contribution is 2.30. The van der Waals surface area contributed by atoms with Crippen LogP contribution in [0.2, 0.25) is 0 Å². The van der Waals surface area contributed by atoms with Crippen LogP contribution in [0.15, 0.2) is 48.5 Å². The first-order chi connectivity index (χ1) is 12.1. The van der Waals surface area contributed by atoms with Crippen molar-refractivity contribution in [3.63, 3.8) is 0 Å². The lowest BCUT2D eigenvalue weighted by Crippen LogP contribution is -2.14. The molecule has 0 saturated heterocycles. The SMILES string of the molecule is Cc1c(C(=O)COC(=O)c2n[nH]c3ccccc23)sc2ccccc12. The highest BCUT2D eigenvalue weighted by molar-refractivity contribution is 7.21. The summed E-state index contributed by atoms with van der Waals surface area (Å²) in [5.41, 5.74) is 1.87. The van der Waals surface area contributed by atoms with Gasteiger partial charge in [-0.15, -0.1) is 11.3 Å². The van der Waals surface area contributed by atoms with Gasteiger partial charge in [0.15, 0.2) is 12.3 Å². The molecule has 0 bridgehead atoms. The zero-order valence-electron chi connectivity index (χ0n) is 13.4. The molecule has 0 unspecified atom stereocenters. The number of rotatable bonds is 4. The Balaban J connectivity index is 1.53. The maximum absolute atomic E-state index is 12.5. The number of Topliss-reactive ketones (excluding diaryl/α,β-unsaturated/α-hetero) is 1. The molecule has 0 fully saturated rings. The van der Waals surface area contributed by atoms with E-state index in [0.717, 1.165) is 21.2 Å². The molecule has 1 N–H and O–H groups in total. The normalized spacial score (nSPS) is 11.1.